The Morgan fingerprint density at radius 3 is 2.38 bits per heavy atom. The van der Waals surface area contributed by atoms with Crippen LogP contribution in [0.1, 0.15) is 5.76 Å². The Hall–Kier alpha value is -1.94. The standard InChI is InChI=1S/C11H11FN2O5S2/c1-7-5-11(13-19-7)14-21(17,18)10-6-8(20(2,15)16)3-4-9(10)12/h3-6H,1-2H3,(H,13,14). The summed E-state index contributed by atoms with van der Waals surface area (Å²) in [4.78, 5) is -1.09. The zero-order chi connectivity index (χ0) is 15.8. The number of aromatic nitrogens is 1. The Labute approximate surface area is 120 Å². The third-order valence-corrected chi connectivity index (χ3v) is 4.97. The van der Waals surface area contributed by atoms with Crippen molar-refractivity contribution in [1.29, 1.82) is 0 Å². The summed E-state index contributed by atoms with van der Waals surface area (Å²) in [6, 6.07) is 3.82. The average molecular weight is 334 g/mol. The number of nitrogens with one attached hydrogen (secondary N) is 1. The van der Waals surface area contributed by atoms with E-state index in [1.165, 1.54) is 6.07 Å². The topological polar surface area (TPSA) is 106 Å². The van der Waals surface area contributed by atoms with E-state index in [0.29, 0.717) is 5.76 Å². The Balaban J connectivity index is 2.49. The maximum atomic E-state index is 13.7. The van der Waals surface area contributed by atoms with Gasteiger partial charge in [0.1, 0.15) is 16.5 Å². The van der Waals surface area contributed by atoms with Crippen LogP contribution in [0.4, 0.5) is 10.2 Å². The van der Waals surface area contributed by atoms with Crippen LogP contribution in [-0.4, -0.2) is 28.2 Å². The molecule has 0 fully saturated rings. The van der Waals surface area contributed by atoms with Crippen LogP contribution in [0, 0.1) is 12.7 Å². The first-order valence-electron chi connectivity index (χ1n) is 5.55. The van der Waals surface area contributed by atoms with Crippen molar-refractivity contribution >= 4 is 25.7 Å². The van der Waals surface area contributed by atoms with Gasteiger partial charge in [-0.25, -0.2) is 21.2 Å². The molecule has 7 nitrogen and oxygen atoms in total. The number of hydrogen-bond acceptors (Lipinski definition) is 6. The molecule has 0 spiro atoms. The molecule has 0 aliphatic heterocycles. The first kappa shape index (κ1) is 15.4. The summed E-state index contributed by atoms with van der Waals surface area (Å²) >= 11 is 0. The number of aryl methyl sites for hydroxylation is 1. The van der Waals surface area contributed by atoms with E-state index in [4.69, 9.17) is 0 Å². The molecule has 0 radical (unpaired) electrons. The maximum Gasteiger partial charge on any atom is 0.266 e. The van der Waals surface area contributed by atoms with Crippen LogP contribution in [-0.2, 0) is 19.9 Å². The van der Waals surface area contributed by atoms with Gasteiger partial charge in [0.25, 0.3) is 10.0 Å². The Morgan fingerprint density at radius 1 is 1.19 bits per heavy atom. The Bertz CT molecular complexity index is 887. The quantitative estimate of drug-likeness (QED) is 0.845. The predicted molar refractivity (Wildman–Crippen MR) is 71.6 cm³/mol. The van der Waals surface area contributed by atoms with Crippen molar-refractivity contribution in [1.82, 2.24) is 5.16 Å². The molecule has 0 amide bonds. The zero-order valence-electron chi connectivity index (χ0n) is 11.0. The van der Waals surface area contributed by atoms with Crippen molar-refractivity contribution in [2.24, 2.45) is 0 Å². The van der Waals surface area contributed by atoms with E-state index in [1.807, 2.05) is 4.72 Å². The highest BCUT2D eigenvalue weighted by Crippen LogP contribution is 2.22. The van der Waals surface area contributed by atoms with Crippen molar-refractivity contribution in [3.05, 3.63) is 35.8 Å². The highest BCUT2D eigenvalue weighted by molar-refractivity contribution is 7.93. The second-order valence-electron chi connectivity index (χ2n) is 4.29. The van der Waals surface area contributed by atoms with Crippen LogP contribution in [0.5, 0.6) is 0 Å². The largest absolute Gasteiger partial charge is 0.360 e. The fourth-order valence-electron chi connectivity index (χ4n) is 1.53. The van der Waals surface area contributed by atoms with Gasteiger partial charge < -0.3 is 4.52 Å². The number of hydrogen-bond donors (Lipinski definition) is 1. The number of anilines is 1. The van der Waals surface area contributed by atoms with E-state index in [1.54, 1.807) is 6.92 Å². The maximum absolute atomic E-state index is 13.7. The van der Waals surface area contributed by atoms with Crippen molar-refractivity contribution in [2.45, 2.75) is 16.7 Å². The normalized spacial score (nSPS) is 12.3. The molecule has 10 heteroatoms. The second kappa shape index (κ2) is 5.11. The van der Waals surface area contributed by atoms with Gasteiger partial charge in [0.15, 0.2) is 15.7 Å². The van der Waals surface area contributed by atoms with Crippen molar-refractivity contribution in [3.8, 4) is 0 Å². The molecular weight excluding hydrogens is 323 g/mol. The molecule has 21 heavy (non-hydrogen) atoms. The van der Waals surface area contributed by atoms with Crippen LogP contribution >= 0.6 is 0 Å². The number of rotatable bonds is 4. The summed E-state index contributed by atoms with van der Waals surface area (Å²) in [5, 5.41) is 3.42. The third kappa shape index (κ3) is 3.39. The van der Waals surface area contributed by atoms with E-state index in [-0.39, 0.29) is 10.7 Å². The molecule has 0 atom stereocenters. The summed E-state index contributed by atoms with van der Waals surface area (Å²) in [6.45, 7) is 1.55. The first-order chi connectivity index (χ1) is 9.59. The number of sulfonamides is 1. The van der Waals surface area contributed by atoms with Crippen LogP contribution in [0.3, 0.4) is 0 Å². The lowest BCUT2D eigenvalue weighted by Crippen LogP contribution is -2.15. The number of benzene rings is 1. The number of halogens is 1. The Kier molecular flexibility index (Phi) is 3.76. The van der Waals surface area contributed by atoms with Gasteiger partial charge in [-0.05, 0) is 25.1 Å². The van der Waals surface area contributed by atoms with Crippen LogP contribution in [0.25, 0.3) is 0 Å². The van der Waals surface area contributed by atoms with Crippen LogP contribution in [0.2, 0.25) is 0 Å². The highest BCUT2D eigenvalue weighted by Gasteiger charge is 2.23. The molecule has 114 valence electrons. The molecule has 0 aliphatic rings. The predicted octanol–water partition coefficient (Wildman–Crippen LogP) is 1.33. The molecule has 1 aromatic heterocycles. The van der Waals surface area contributed by atoms with Crippen LogP contribution < -0.4 is 4.72 Å². The lowest BCUT2D eigenvalue weighted by molar-refractivity contribution is 0.400. The molecule has 2 rings (SSSR count). The van der Waals surface area contributed by atoms with Crippen molar-refractivity contribution < 1.29 is 25.7 Å². The minimum atomic E-state index is -4.33. The SMILES string of the molecule is Cc1cc(NS(=O)(=O)c2cc(S(C)(=O)=O)ccc2F)no1. The minimum Gasteiger partial charge on any atom is -0.360 e. The molecule has 0 unspecified atom stereocenters. The van der Waals surface area contributed by atoms with E-state index >= 15 is 0 Å². The lowest BCUT2D eigenvalue weighted by Gasteiger charge is -2.07. The van der Waals surface area contributed by atoms with E-state index in [2.05, 4.69) is 9.68 Å². The van der Waals surface area contributed by atoms with Crippen molar-refractivity contribution in [2.75, 3.05) is 11.0 Å². The van der Waals surface area contributed by atoms with Gasteiger partial charge >= 0.3 is 0 Å². The molecule has 0 saturated heterocycles. The first-order valence-corrected chi connectivity index (χ1v) is 8.93. The number of nitrogens with zero attached hydrogens (tertiary/aromatic N) is 1. The van der Waals surface area contributed by atoms with Crippen LogP contribution in [0.15, 0.2) is 38.6 Å². The zero-order valence-corrected chi connectivity index (χ0v) is 12.6. The molecule has 0 saturated carbocycles. The van der Waals surface area contributed by atoms with E-state index < -0.39 is 30.6 Å². The summed E-state index contributed by atoms with van der Waals surface area (Å²) in [7, 11) is -7.99. The van der Waals surface area contributed by atoms with E-state index in [9.17, 15) is 21.2 Å². The summed E-state index contributed by atoms with van der Waals surface area (Å²) in [6.07, 6.45) is 0.894. The number of sulfone groups is 1. The molecule has 0 bridgehead atoms. The summed E-state index contributed by atoms with van der Waals surface area (Å²) in [5.74, 6) is -0.843. The monoisotopic (exact) mass is 334 g/mol. The fraction of sp³-hybridized carbons (Fsp3) is 0.182. The van der Waals surface area contributed by atoms with Gasteiger partial charge in [-0.3, -0.25) is 4.72 Å². The van der Waals surface area contributed by atoms with E-state index in [0.717, 1.165) is 24.5 Å². The van der Waals surface area contributed by atoms with Gasteiger partial charge in [0.05, 0.1) is 4.90 Å². The highest BCUT2D eigenvalue weighted by atomic mass is 32.2. The summed E-state index contributed by atoms with van der Waals surface area (Å²) < 4.78 is 67.4. The third-order valence-electron chi connectivity index (χ3n) is 2.49. The van der Waals surface area contributed by atoms with Gasteiger partial charge in [-0.15, -0.1) is 0 Å². The molecule has 2 aromatic rings. The molecular formula is C11H11FN2O5S2. The van der Waals surface area contributed by atoms with Gasteiger partial charge in [0, 0.05) is 12.3 Å². The molecule has 1 heterocycles. The molecule has 0 aliphatic carbocycles. The smallest absolute Gasteiger partial charge is 0.266 e. The molecule has 1 aromatic carbocycles. The minimum absolute atomic E-state index is 0.128. The Morgan fingerprint density at radius 2 is 1.86 bits per heavy atom. The van der Waals surface area contributed by atoms with Gasteiger partial charge in [0.2, 0.25) is 0 Å². The van der Waals surface area contributed by atoms with Crippen molar-refractivity contribution in [3.63, 3.8) is 0 Å². The second-order valence-corrected chi connectivity index (χ2v) is 7.96. The lowest BCUT2D eigenvalue weighted by atomic mass is 10.3. The summed E-state index contributed by atoms with van der Waals surface area (Å²) in [5.41, 5.74) is 0. The molecule has 1 N–H and O–H groups in total. The van der Waals surface area contributed by atoms with Gasteiger partial charge in [-0.2, -0.15) is 0 Å². The van der Waals surface area contributed by atoms with Gasteiger partial charge in [-0.1, -0.05) is 5.16 Å². The fourth-order valence-corrected chi connectivity index (χ4v) is 3.34. The average Bonchev–Trinajstić information content (AvgIpc) is 2.72.